The smallest absolute Gasteiger partial charge is 0.123 e. The number of benzene rings is 1. The zero-order valence-corrected chi connectivity index (χ0v) is 9.92. The van der Waals surface area contributed by atoms with Crippen molar-refractivity contribution in [3.63, 3.8) is 0 Å². The molecule has 1 nitrogen and oxygen atoms in total. The second kappa shape index (κ2) is 5.65. The number of alkyl halides is 1. The van der Waals surface area contributed by atoms with Gasteiger partial charge in [0.05, 0.1) is 6.10 Å². The van der Waals surface area contributed by atoms with Gasteiger partial charge in [-0.2, -0.15) is 0 Å². The molecule has 0 aromatic heterocycles. The Bertz CT molecular complexity index is 334. The first-order valence-electron chi connectivity index (χ1n) is 5.72. The van der Waals surface area contributed by atoms with Gasteiger partial charge in [-0.05, 0) is 49.3 Å². The minimum absolute atomic E-state index is 0.142. The highest BCUT2D eigenvalue weighted by molar-refractivity contribution is 6.17. The summed E-state index contributed by atoms with van der Waals surface area (Å²) in [6.45, 7) is 0. The molecule has 0 heterocycles. The molecule has 2 rings (SSSR count). The third-order valence-electron chi connectivity index (χ3n) is 3.29. The van der Waals surface area contributed by atoms with Crippen LogP contribution in [0.4, 0.5) is 4.39 Å². The Morgan fingerprint density at radius 2 is 2.00 bits per heavy atom. The van der Waals surface area contributed by atoms with Crippen LogP contribution >= 0.6 is 11.6 Å². The normalized spacial score (nSPS) is 25.6. The molecule has 1 aliphatic carbocycles. The van der Waals surface area contributed by atoms with E-state index in [1.807, 2.05) is 6.07 Å². The number of hydrogen-bond acceptors (Lipinski definition) is 1. The molecule has 0 N–H and O–H groups in total. The van der Waals surface area contributed by atoms with Crippen molar-refractivity contribution in [2.45, 2.75) is 37.7 Å². The summed E-state index contributed by atoms with van der Waals surface area (Å²) in [5, 5.41) is 0. The lowest BCUT2D eigenvalue weighted by atomic mass is 9.83. The van der Waals surface area contributed by atoms with E-state index in [4.69, 9.17) is 16.3 Å². The Labute approximate surface area is 101 Å². The molecule has 0 radical (unpaired) electrons. The maximum atomic E-state index is 13.1. The lowest BCUT2D eigenvalue weighted by Gasteiger charge is -2.28. The molecular weight excluding hydrogens is 227 g/mol. The molecule has 1 aromatic rings. The molecule has 1 aliphatic rings. The summed E-state index contributed by atoms with van der Waals surface area (Å²) >= 11 is 5.54. The highest BCUT2D eigenvalue weighted by atomic mass is 35.5. The summed E-state index contributed by atoms with van der Waals surface area (Å²) in [6, 6.07) is 7.21. The summed E-state index contributed by atoms with van der Waals surface area (Å²) in [6.07, 6.45) is 4.46. The van der Waals surface area contributed by atoms with Crippen molar-refractivity contribution in [2.75, 3.05) is 6.07 Å². The zero-order valence-electron chi connectivity index (χ0n) is 9.16. The monoisotopic (exact) mass is 242 g/mol. The van der Waals surface area contributed by atoms with Crippen LogP contribution in [-0.4, -0.2) is 12.2 Å². The van der Waals surface area contributed by atoms with Gasteiger partial charge in [0.1, 0.15) is 11.9 Å². The minimum Gasteiger partial charge on any atom is -0.363 e. The van der Waals surface area contributed by atoms with Crippen LogP contribution in [0.25, 0.3) is 0 Å². The van der Waals surface area contributed by atoms with Gasteiger partial charge in [-0.15, -0.1) is 0 Å². The number of hydrogen-bond donors (Lipinski definition) is 0. The highest BCUT2D eigenvalue weighted by Gasteiger charge is 2.22. The van der Waals surface area contributed by atoms with Crippen LogP contribution in [0.5, 0.6) is 0 Å². The van der Waals surface area contributed by atoms with Gasteiger partial charge in [0.25, 0.3) is 0 Å². The van der Waals surface area contributed by atoms with E-state index in [1.165, 1.54) is 6.07 Å². The van der Waals surface area contributed by atoms with Gasteiger partial charge < -0.3 is 4.74 Å². The average molecular weight is 243 g/mol. The van der Waals surface area contributed by atoms with E-state index in [9.17, 15) is 4.39 Å². The maximum Gasteiger partial charge on any atom is 0.123 e. The fraction of sp³-hybridized carbons (Fsp3) is 0.538. The van der Waals surface area contributed by atoms with Gasteiger partial charge in [-0.3, -0.25) is 0 Å². The van der Waals surface area contributed by atoms with E-state index in [-0.39, 0.29) is 11.9 Å². The number of ether oxygens (including phenoxy) is 1. The van der Waals surface area contributed by atoms with Crippen molar-refractivity contribution < 1.29 is 9.13 Å². The Balaban J connectivity index is 1.94. The van der Waals surface area contributed by atoms with Crippen LogP contribution in [0.2, 0.25) is 0 Å². The molecule has 1 saturated carbocycles. The quantitative estimate of drug-likeness (QED) is 0.727. The number of halogens is 2. The van der Waals surface area contributed by atoms with E-state index < -0.39 is 0 Å². The third-order valence-corrected chi connectivity index (χ3v) is 3.42. The second-order valence-corrected chi connectivity index (χ2v) is 4.52. The summed E-state index contributed by atoms with van der Waals surface area (Å²) in [7, 11) is 0. The fourth-order valence-corrected chi connectivity index (χ4v) is 2.59. The first-order chi connectivity index (χ1) is 7.79. The van der Waals surface area contributed by atoms with Gasteiger partial charge in [-0.1, -0.05) is 23.7 Å². The molecule has 3 heteroatoms. The van der Waals surface area contributed by atoms with E-state index >= 15 is 0 Å². The van der Waals surface area contributed by atoms with Gasteiger partial charge in [-0.25, -0.2) is 4.39 Å². The molecule has 1 fully saturated rings. The molecule has 88 valence electrons. The van der Waals surface area contributed by atoms with E-state index in [1.54, 1.807) is 12.1 Å². The predicted octanol–water partition coefficient (Wildman–Crippen LogP) is 4.06. The Hall–Kier alpha value is -0.600. The van der Waals surface area contributed by atoms with E-state index in [0.29, 0.717) is 12.0 Å². The van der Waals surface area contributed by atoms with Crippen molar-refractivity contribution in [1.82, 2.24) is 0 Å². The van der Waals surface area contributed by atoms with E-state index in [2.05, 4.69) is 0 Å². The minimum atomic E-state index is -0.142. The van der Waals surface area contributed by atoms with Crippen LogP contribution in [0.1, 0.15) is 37.2 Å². The SMILES string of the molecule is Fc1cccc(C2CCC(OCCl)CC2)c1. The molecule has 1 aromatic carbocycles. The average Bonchev–Trinajstić information content (AvgIpc) is 2.30. The molecular formula is C13H16ClFO. The molecule has 0 unspecified atom stereocenters. The Morgan fingerprint density at radius 1 is 1.25 bits per heavy atom. The van der Waals surface area contributed by atoms with Crippen LogP contribution in [0.3, 0.4) is 0 Å². The van der Waals surface area contributed by atoms with Crippen LogP contribution in [0, 0.1) is 5.82 Å². The summed E-state index contributed by atoms with van der Waals surface area (Å²) in [5.74, 6) is 0.336. The topological polar surface area (TPSA) is 9.23 Å². The van der Waals surface area contributed by atoms with Crippen molar-refractivity contribution in [1.29, 1.82) is 0 Å². The van der Waals surface area contributed by atoms with Gasteiger partial charge in [0, 0.05) is 0 Å². The van der Waals surface area contributed by atoms with Gasteiger partial charge >= 0.3 is 0 Å². The maximum absolute atomic E-state index is 13.1. The van der Waals surface area contributed by atoms with Crippen LogP contribution < -0.4 is 0 Å². The first kappa shape index (κ1) is 11.9. The van der Waals surface area contributed by atoms with Crippen molar-refractivity contribution in [3.8, 4) is 0 Å². The molecule has 0 spiro atoms. The molecule has 0 atom stereocenters. The Morgan fingerprint density at radius 3 is 2.62 bits per heavy atom. The van der Waals surface area contributed by atoms with Crippen LogP contribution in [-0.2, 0) is 4.74 Å². The molecule has 0 bridgehead atoms. The lowest BCUT2D eigenvalue weighted by Crippen LogP contribution is -2.20. The van der Waals surface area contributed by atoms with E-state index in [0.717, 1.165) is 31.2 Å². The molecule has 0 aliphatic heterocycles. The first-order valence-corrected chi connectivity index (χ1v) is 6.26. The summed E-state index contributed by atoms with van der Waals surface area (Å²) < 4.78 is 18.5. The lowest BCUT2D eigenvalue weighted by molar-refractivity contribution is 0.0530. The van der Waals surface area contributed by atoms with Gasteiger partial charge in [0.2, 0.25) is 0 Å². The zero-order chi connectivity index (χ0) is 11.4. The summed E-state index contributed by atoms with van der Waals surface area (Å²) in [4.78, 5) is 0. The number of rotatable bonds is 3. The van der Waals surface area contributed by atoms with Crippen LogP contribution in [0.15, 0.2) is 24.3 Å². The fourth-order valence-electron chi connectivity index (χ4n) is 2.41. The van der Waals surface area contributed by atoms with Crippen molar-refractivity contribution in [2.24, 2.45) is 0 Å². The molecule has 0 amide bonds. The molecule has 0 saturated heterocycles. The van der Waals surface area contributed by atoms with Crippen molar-refractivity contribution in [3.05, 3.63) is 35.6 Å². The highest BCUT2D eigenvalue weighted by Crippen LogP contribution is 2.34. The Kier molecular flexibility index (Phi) is 4.19. The third kappa shape index (κ3) is 2.96. The standard InChI is InChI=1S/C13H16ClFO/c14-9-16-13-6-4-10(5-7-13)11-2-1-3-12(15)8-11/h1-3,8,10,13H,4-7,9H2. The summed E-state index contributed by atoms with van der Waals surface area (Å²) in [5.41, 5.74) is 1.12. The second-order valence-electron chi connectivity index (χ2n) is 4.30. The van der Waals surface area contributed by atoms with Gasteiger partial charge in [0.15, 0.2) is 0 Å². The molecule has 16 heavy (non-hydrogen) atoms. The largest absolute Gasteiger partial charge is 0.363 e. The van der Waals surface area contributed by atoms with Crippen molar-refractivity contribution >= 4 is 11.6 Å². The predicted molar refractivity (Wildman–Crippen MR) is 63.2 cm³/mol.